The number of nitrogens with one attached hydrogen (secondary N) is 7. The molecule has 12 amide bonds. The fraction of sp³-hybridized carbons (Fsp3) is 0.398. The lowest BCUT2D eigenvalue weighted by atomic mass is 10.1. The zero-order chi connectivity index (χ0) is 85.1. The maximum atomic E-state index is 11.9. The number of nitriles is 1. The number of amides is 12. The Morgan fingerprint density at radius 3 is 0.857 bits per heavy atom. The van der Waals surface area contributed by atoms with Gasteiger partial charge in [0.2, 0.25) is 11.8 Å². The summed E-state index contributed by atoms with van der Waals surface area (Å²) in [5, 5.41) is 37.7. The van der Waals surface area contributed by atoms with Crippen LogP contribution >= 0.6 is 11.6 Å². The molecule has 9 aromatic heterocycles. The third-order valence-corrected chi connectivity index (χ3v) is 17.8. The van der Waals surface area contributed by atoms with Gasteiger partial charge in [-0.15, -0.1) is 0 Å². The van der Waals surface area contributed by atoms with Gasteiger partial charge >= 0.3 is 30.2 Å². The Bertz CT molecular complexity index is 4580. The van der Waals surface area contributed by atoms with E-state index < -0.39 is 0 Å². The molecule has 31 heteroatoms. The summed E-state index contributed by atoms with van der Waals surface area (Å²) in [4.78, 5) is 124. The van der Waals surface area contributed by atoms with Gasteiger partial charge in [-0.25, -0.2) is 58.9 Å². The molecule has 0 saturated carbocycles. The molecule has 4 saturated heterocycles. The normalized spacial score (nSPS) is 12.5. The third-order valence-electron chi connectivity index (χ3n) is 17.2. The smallest absolute Gasteiger partial charge is 0.323 e. The first-order valence-corrected chi connectivity index (χ1v) is 38.6. The molecule has 0 aliphatic carbocycles. The average Bonchev–Trinajstić information content (AvgIpc) is 1.83. The molecule has 0 atom stereocenters. The molecule has 0 aromatic carbocycles. The number of hydrogen-bond donors (Lipinski definition) is 8. The molecular weight excluding hydrogens is 1530 g/mol. The molecule has 4 aliphatic rings. The van der Waals surface area contributed by atoms with Crippen molar-refractivity contribution in [1.29, 1.82) is 5.26 Å². The maximum absolute atomic E-state index is 11.9. The van der Waals surface area contributed by atoms with Crippen LogP contribution in [0.25, 0.3) is 0 Å². The van der Waals surface area contributed by atoms with Crippen molar-refractivity contribution in [2.75, 3.05) is 104 Å². The van der Waals surface area contributed by atoms with Crippen molar-refractivity contribution in [1.82, 2.24) is 69.4 Å². The van der Waals surface area contributed by atoms with E-state index in [0.29, 0.717) is 72.2 Å². The second kappa shape index (κ2) is 55.1. The molecule has 8 N–H and O–H groups in total. The summed E-state index contributed by atoms with van der Waals surface area (Å²) >= 11 is 5.82. The summed E-state index contributed by atoms with van der Waals surface area (Å²) < 4.78 is 0. The monoisotopic (exact) mass is 1650 g/mol. The minimum absolute atomic E-state index is 0. The molecule has 30 nitrogen and oxygen atoms in total. The molecule has 0 radical (unpaired) electrons. The lowest BCUT2D eigenvalue weighted by Gasteiger charge is -2.30. The Kier molecular flexibility index (Phi) is 47.4. The summed E-state index contributed by atoms with van der Waals surface area (Å²) in [6.07, 6.45) is 23.0. The van der Waals surface area contributed by atoms with Crippen LogP contribution in [0.5, 0.6) is 0 Å². The van der Waals surface area contributed by atoms with Gasteiger partial charge < -0.3 is 40.2 Å². The molecule has 0 unspecified atom stereocenters. The number of urea groups is 5. The predicted octanol–water partition coefficient (Wildman–Crippen LogP) is 17.4. The van der Waals surface area contributed by atoms with Crippen LogP contribution in [0.2, 0.25) is 5.02 Å². The number of anilines is 7. The predicted molar refractivity (Wildman–Crippen MR) is 477 cm³/mol. The number of piperidine rings is 2. The largest absolute Gasteiger partial charge is 0.393 e. The number of nitrogens with zero attached hydrogens (tertiary/aromatic N) is 15. The first kappa shape index (κ1) is 102. The number of halogens is 1. The van der Waals surface area contributed by atoms with Gasteiger partial charge in [-0.05, 0) is 275 Å². The topological polar surface area (TPSA) is 380 Å². The van der Waals surface area contributed by atoms with Crippen molar-refractivity contribution >= 4 is 94.3 Å². The summed E-state index contributed by atoms with van der Waals surface area (Å²) in [5.74, 6) is 4.07. The second-order valence-electron chi connectivity index (χ2n) is 28.0. The van der Waals surface area contributed by atoms with E-state index in [1.54, 1.807) is 79.7 Å². The SMILES string of the molecule is C.C.C.CC(=O)Nc1cc(C)ccn1.CC(=O)Nc1cc(C)ccn1.Cc1ccnc(C)c1C#N.Cc1ccnc(C)c1Cl.Cc1ccnc(NC(=O)N(C)C)c1.Cc1ccnc(NC(=O)N2CCC(O)CC2)c1.Cc1ccnc(NC(=O)N2CCC2)c1.Cc1ccnc(NC(=O)N2CCCC2)c1.Cc1ccnc(NC(=O)N2CCCCC2)c1. The van der Waals surface area contributed by atoms with Gasteiger partial charge in [-0.3, -0.25) is 46.1 Å². The van der Waals surface area contributed by atoms with Crippen LogP contribution in [-0.2, 0) is 9.59 Å². The minimum atomic E-state index is -0.267. The number of carbonyl (C=O) groups excluding carboxylic acids is 7. The minimum Gasteiger partial charge on any atom is -0.393 e. The zero-order valence-corrected chi connectivity index (χ0v) is 70.0. The van der Waals surface area contributed by atoms with E-state index in [4.69, 9.17) is 16.9 Å². The molecule has 9 aromatic rings. The first-order valence-electron chi connectivity index (χ1n) is 38.2. The fourth-order valence-corrected chi connectivity index (χ4v) is 10.8. The third kappa shape index (κ3) is 40.7. The molecule has 4 aliphatic heterocycles. The zero-order valence-electron chi connectivity index (χ0n) is 69.2. The van der Waals surface area contributed by atoms with Crippen LogP contribution in [0.1, 0.15) is 155 Å². The average molecular weight is 1650 g/mol. The van der Waals surface area contributed by atoms with Crippen LogP contribution in [0, 0.1) is 87.5 Å². The van der Waals surface area contributed by atoms with Crippen molar-refractivity contribution in [2.24, 2.45) is 0 Å². The number of pyridine rings is 9. The summed E-state index contributed by atoms with van der Waals surface area (Å²) in [6, 6.07) is 31.6. The summed E-state index contributed by atoms with van der Waals surface area (Å²) in [5.41, 5.74) is 12.1. The summed E-state index contributed by atoms with van der Waals surface area (Å²) in [6.45, 7) is 30.6. The van der Waals surface area contributed by atoms with Gasteiger partial charge in [-0.1, -0.05) is 33.9 Å². The lowest BCUT2D eigenvalue weighted by molar-refractivity contribution is -0.115. The van der Waals surface area contributed by atoms with Gasteiger partial charge in [-0.2, -0.15) is 5.26 Å². The van der Waals surface area contributed by atoms with E-state index in [1.165, 1.54) is 25.2 Å². The Morgan fingerprint density at radius 2 is 0.622 bits per heavy atom. The molecule has 13 rings (SSSR count). The van der Waals surface area contributed by atoms with E-state index in [-0.39, 0.29) is 70.4 Å². The van der Waals surface area contributed by atoms with Crippen LogP contribution in [0.3, 0.4) is 0 Å². The van der Waals surface area contributed by atoms with E-state index in [1.807, 2.05) is 183 Å². The van der Waals surface area contributed by atoms with Gasteiger partial charge in [0.1, 0.15) is 46.8 Å². The Morgan fingerprint density at radius 1 is 0.370 bits per heavy atom. The molecule has 640 valence electrons. The molecule has 4 fully saturated rings. The second-order valence-corrected chi connectivity index (χ2v) is 28.3. The highest BCUT2D eigenvalue weighted by Gasteiger charge is 2.23. The summed E-state index contributed by atoms with van der Waals surface area (Å²) in [7, 11) is 3.37. The highest BCUT2D eigenvalue weighted by atomic mass is 35.5. The van der Waals surface area contributed by atoms with Crippen molar-refractivity contribution in [3.8, 4) is 6.07 Å². The Balaban J connectivity index is 0.000000455. The Labute approximate surface area is 708 Å². The number of rotatable bonds is 7. The van der Waals surface area contributed by atoms with Gasteiger partial charge in [0.25, 0.3) is 0 Å². The fourth-order valence-electron chi connectivity index (χ4n) is 10.7. The Hall–Kier alpha value is -12.6. The molecular formula is C88H123ClN22O8. The van der Waals surface area contributed by atoms with Crippen LogP contribution in [0.15, 0.2) is 153 Å². The highest BCUT2D eigenvalue weighted by molar-refractivity contribution is 6.31. The number of aryl methyl sites for hydroxylation is 11. The van der Waals surface area contributed by atoms with Crippen LogP contribution in [-0.4, -0.2) is 189 Å². The van der Waals surface area contributed by atoms with Crippen molar-refractivity contribution < 1.29 is 38.7 Å². The van der Waals surface area contributed by atoms with Crippen molar-refractivity contribution in [2.45, 2.75) is 170 Å². The standard InChI is InChI=1S/C12H17N3O2.C12H17N3O.C11H15N3O.C10H13N3O.C9H13N3O.2C8H10N2O.C8H8N2.C7H8ClN.3CH4/c1-9-2-5-13-11(8-9)14-12(17)15-6-3-10(16)4-7-15;1-10-5-6-13-11(9-10)14-12(16)15-7-3-2-4-8-15;1-9-4-5-12-10(8-9)13-11(15)14-6-2-3-7-14;1-8-3-4-11-9(7-8)12-10(14)13-5-2-6-13;1-7-4-5-10-8(6-7)11-9(13)12(2)3;2*1-6-3-4-9-8(5-6)10-7(2)11;1-6-3-4-10-7(2)8(6)5-9;1-5-3-4-9-6(2)7(5)8;;;/h2,5,8,10,16H,3-4,6-7H2,1H3,(H,13,14,17);5-6,9H,2-4,7-8H2,1H3,(H,13,14,16);4-5,8H,2-3,6-7H2,1H3,(H,12,13,15);3-4,7H,2,5-6H2,1H3,(H,11,12,14);4-6H,1-3H3,(H,10,11,13);2*3-5H,1-2H3,(H,9,10,11);3-4H,1-2H3;3-4H,1-2H3;3*1H4. The van der Waals surface area contributed by atoms with E-state index in [2.05, 4.69) is 88.1 Å². The number of aliphatic hydroxyl groups is 1. The van der Waals surface area contributed by atoms with Crippen LogP contribution in [0.4, 0.5) is 64.7 Å². The number of aliphatic hydroxyl groups excluding tert-OH is 1. The van der Waals surface area contributed by atoms with E-state index >= 15 is 0 Å². The molecule has 0 bridgehead atoms. The number of hydrogen-bond acceptors (Lipinski definition) is 18. The molecule has 13 heterocycles. The molecule has 0 spiro atoms. The number of aromatic nitrogens is 9. The maximum Gasteiger partial charge on any atom is 0.323 e. The number of carbonyl (C=O) groups is 7. The highest BCUT2D eigenvalue weighted by Crippen LogP contribution is 2.19. The lowest BCUT2D eigenvalue weighted by Crippen LogP contribution is -2.44. The van der Waals surface area contributed by atoms with E-state index in [9.17, 15) is 38.7 Å². The van der Waals surface area contributed by atoms with Crippen LogP contribution < -0.4 is 37.2 Å². The van der Waals surface area contributed by atoms with Gasteiger partial charge in [0, 0.05) is 136 Å². The number of likely N-dealkylation sites (tertiary alicyclic amines) is 4. The molecule has 119 heavy (non-hydrogen) atoms. The van der Waals surface area contributed by atoms with Crippen molar-refractivity contribution in [3.63, 3.8) is 0 Å². The first-order chi connectivity index (χ1) is 55.3. The van der Waals surface area contributed by atoms with Gasteiger partial charge in [0.05, 0.1) is 28.1 Å². The van der Waals surface area contributed by atoms with Gasteiger partial charge in [0.15, 0.2) is 0 Å². The van der Waals surface area contributed by atoms with E-state index in [0.717, 1.165) is 138 Å². The quantitative estimate of drug-likeness (QED) is 0.0734. The van der Waals surface area contributed by atoms with Crippen molar-refractivity contribution in [3.05, 3.63) is 225 Å².